The van der Waals surface area contributed by atoms with Crippen molar-refractivity contribution in [1.29, 1.82) is 0 Å². The van der Waals surface area contributed by atoms with Crippen LogP contribution in [0.5, 0.6) is 0 Å². The number of furan rings is 1. The zero-order valence-electron chi connectivity index (χ0n) is 18.0. The Morgan fingerprint density at radius 2 is 2.17 bits per heavy atom. The van der Waals surface area contributed by atoms with E-state index in [9.17, 15) is 9.18 Å². The number of nitrogens with one attached hydrogen (secondary N) is 1. The van der Waals surface area contributed by atoms with Crippen molar-refractivity contribution in [3.8, 4) is 0 Å². The molecule has 4 rings (SSSR count). The first kappa shape index (κ1) is 21.1. The Morgan fingerprint density at radius 3 is 2.97 bits per heavy atom. The number of benzene rings is 1. The van der Waals surface area contributed by atoms with Gasteiger partial charge in [0.15, 0.2) is 0 Å². The van der Waals surface area contributed by atoms with Crippen molar-refractivity contribution in [2.45, 2.75) is 46.2 Å². The SMILES string of the molecule is Cc1oc2c(c1C(=O)NCCN1CCCC(C)C1)CN(Cc1cccc(F)c1)CC2. The topological polar surface area (TPSA) is 48.7 Å². The summed E-state index contributed by atoms with van der Waals surface area (Å²) in [7, 11) is 0. The summed E-state index contributed by atoms with van der Waals surface area (Å²) in [6, 6.07) is 6.72. The summed E-state index contributed by atoms with van der Waals surface area (Å²) in [4.78, 5) is 17.6. The summed E-state index contributed by atoms with van der Waals surface area (Å²) < 4.78 is 19.4. The molecule has 5 nitrogen and oxygen atoms in total. The van der Waals surface area contributed by atoms with Gasteiger partial charge in [0.2, 0.25) is 0 Å². The quantitative estimate of drug-likeness (QED) is 0.784. The van der Waals surface area contributed by atoms with Crippen LogP contribution in [0, 0.1) is 18.7 Å². The van der Waals surface area contributed by atoms with Crippen LogP contribution in [0.3, 0.4) is 0 Å². The normalized spacial score (nSPS) is 20.2. The van der Waals surface area contributed by atoms with Gasteiger partial charge in [-0.05, 0) is 49.9 Å². The lowest BCUT2D eigenvalue weighted by Crippen LogP contribution is -2.40. The maximum Gasteiger partial charge on any atom is 0.255 e. The Bertz CT molecular complexity index is 895. The Balaban J connectivity index is 1.38. The van der Waals surface area contributed by atoms with E-state index in [2.05, 4.69) is 22.0 Å². The lowest BCUT2D eigenvalue weighted by molar-refractivity contribution is 0.0940. The van der Waals surface area contributed by atoms with Crippen molar-refractivity contribution in [3.63, 3.8) is 0 Å². The first-order valence-electron chi connectivity index (χ1n) is 11.1. The monoisotopic (exact) mass is 413 g/mol. The molecule has 1 aromatic carbocycles. The third-order valence-corrected chi connectivity index (χ3v) is 6.28. The number of rotatable bonds is 6. The molecule has 0 radical (unpaired) electrons. The summed E-state index contributed by atoms with van der Waals surface area (Å²) in [5, 5.41) is 3.10. The van der Waals surface area contributed by atoms with Gasteiger partial charge in [-0.25, -0.2) is 4.39 Å². The van der Waals surface area contributed by atoms with Gasteiger partial charge in [-0.1, -0.05) is 19.1 Å². The molecule has 1 atom stereocenters. The molecular weight excluding hydrogens is 381 g/mol. The number of amides is 1. The van der Waals surface area contributed by atoms with Crippen LogP contribution in [0.25, 0.3) is 0 Å². The number of carbonyl (C=O) groups is 1. The third-order valence-electron chi connectivity index (χ3n) is 6.28. The zero-order chi connectivity index (χ0) is 21.1. The van der Waals surface area contributed by atoms with E-state index in [1.54, 1.807) is 12.1 Å². The third kappa shape index (κ3) is 4.93. The highest BCUT2D eigenvalue weighted by molar-refractivity contribution is 5.97. The van der Waals surface area contributed by atoms with Crippen LogP contribution in [0.2, 0.25) is 0 Å². The minimum Gasteiger partial charge on any atom is -0.465 e. The Morgan fingerprint density at radius 1 is 1.30 bits per heavy atom. The van der Waals surface area contributed by atoms with Crippen molar-refractivity contribution in [2.75, 3.05) is 32.7 Å². The van der Waals surface area contributed by atoms with Gasteiger partial charge in [0.1, 0.15) is 17.3 Å². The summed E-state index contributed by atoms with van der Waals surface area (Å²) in [5.74, 6) is 2.08. The molecule has 1 unspecified atom stereocenters. The molecule has 1 N–H and O–H groups in total. The highest BCUT2D eigenvalue weighted by Gasteiger charge is 2.28. The standard InChI is InChI=1S/C24H32FN3O2/c1-17-5-4-10-27(14-17)12-9-26-24(29)23-18(2)30-22-8-11-28(16-21(22)23)15-19-6-3-7-20(25)13-19/h3,6-7,13,17H,4-5,8-12,14-16H2,1-2H3,(H,26,29). The van der Waals surface area contributed by atoms with E-state index in [-0.39, 0.29) is 11.7 Å². The number of halogens is 1. The molecule has 1 aromatic heterocycles. The van der Waals surface area contributed by atoms with Crippen LogP contribution in [0.15, 0.2) is 28.7 Å². The average molecular weight is 414 g/mol. The molecule has 0 saturated carbocycles. The number of fused-ring (bicyclic) bond motifs is 1. The van der Waals surface area contributed by atoms with Crippen molar-refractivity contribution in [3.05, 3.63) is 58.3 Å². The number of aryl methyl sites for hydroxylation is 1. The van der Waals surface area contributed by atoms with Crippen molar-refractivity contribution in [1.82, 2.24) is 15.1 Å². The predicted octanol–water partition coefficient (Wildman–Crippen LogP) is 3.75. The minimum atomic E-state index is -0.215. The van der Waals surface area contributed by atoms with E-state index in [0.717, 1.165) is 55.4 Å². The lowest BCUT2D eigenvalue weighted by Gasteiger charge is -2.30. The van der Waals surface area contributed by atoms with E-state index in [0.29, 0.717) is 31.0 Å². The summed E-state index contributed by atoms with van der Waals surface area (Å²) in [6.07, 6.45) is 3.31. The van der Waals surface area contributed by atoms with Gasteiger partial charge in [-0.2, -0.15) is 0 Å². The summed E-state index contributed by atoms with van der Waals surface area (Å²) in [5.41, 5.74) is 2.61. The molecule has 2 aromatic rings. The number of hydrogen-bond acceptors (Lipinski definition) is 4. The van der Waals surface area contributed by atoms with Gasteiger partial charge in [-0.15, -0.1) is 0 Å². The van der Waals surface area contributed by atoms with Crippen LogP contribution in [0.1, 0.15) is 52.8 Å². The average Bonchev–Trinajstić information content (AvgIpc) is 3.03. The van der Waals surface area contributed by atoms with Crippen LogP contribution in [-0.2, 0) is 19.5 Å². The molecule has 1 fully saturated rings. The largest absolute Gasteiger partial charge is 0.465 e. The maximum absolute atomic E-state index is 13.5. The lowest BCUT2D eigenvalue weighted by atomic mass is 10.0. The summed E-state index contributed by atoms with van der Waals surface area (Å²) in [6.45, 7) is 10.1. The molecule has 6 heteroatoms. The second kappa shape index (κ2) is 9.31. The predicted molar refractivity (Wildman–Crippen MR) is 115 cm³/mol. The second-order valence-electron chi connectivity index (χ2n) is 8.83. The van der Waals surface area contributed by atoms with Crippen LogP contribution >= 0.6 is 0 Å². The molecule has 0 spiro atoms. The number of hydrogen-bond donors (Lipinski definition) is 1. The highest BCUT2D eigenvalue weighted by atomic mass is 19.1. The fourth-order valence-corrected chi connectivity index (χ4v) is 4.81. The molecule has 2 aliphatic heterocycles. The van der Waals surface area contributed by atoms with E-state index in [4.69, 9.17) is 4.42 Å². The number of likely N-dealkylation sites (tertiary alicyclic amines) is 1. The molecule has 162 valence electrons. The van der Waals surface area contributed by atoms with E-state index >= 15 is 0 Å². The molecular formula is C24H32FN3O2. The minimum absolute atomic E-state index is 0.0461. The van der Waals surface area contributed by atoms with Crippen molar-refractivity contribution >= 4 is 5.91 Å². The van der Waals surface area contributed by atoms with Crippen LogP contribution in [-0.4, -0.2) is 48.4 Å². The van der Waals surface area contributed by atoms with Gasteiger partial charge >= 0.3 is 0 Å². The smallest absolute Gasteiger partial charge is 0.255 e. The number of carbonyl (C=O) groups excluding carboxylic acids is 1. The first-order chi connectivity index (χ1) is 14.5. The van der Waals surface area contributed by atoms with Gasteiger partial charge in [0, 0.05) is 51.3 Å². The Labute approximate surface area is 178 Å². The molecule has 0 aliphatic carbocycles. The molecule has 3 heterocycles. The molecule has 1 saturated heterocycles. The number of nitrogens with zero attached hydrogens (tertiary/aromatic N) is 2. The number of piperidine rings is 1. The van der Waals surface area contributed by atoms with Crippen LogP contribution < -0.4 is 5.32 Å². The molecule has 1 amide bonds. The second-order valence-corrected chi connectivity index (χ2v) is 8.83. The molecule has 30 heavy (non-hydrogen) atoms. The Kier molecular flexibility index (Phi) is 6.54. The maximum atomic E-state index is 13.5. The van der Waals surface area contributed by atoms with Crippen molar-refractivity contribution < 1.29 is 13.6 Å². The fourth-order valence-electron chi connectivity index (χ4n) is 4.81. The van der Waals surface area contributed by atoms with Crippen molar-refractivity contribution in [2.24, 2.45) is 5.92 Å². The molecule has 0 bridgehead atoms. The van der Waals surface area contributed by atoms with Crippen LogP contribution in [0.4, 0.5) is 4.39 Å². The Hall–Kier alpha value is -2.18. The first-order valence-corrected chi connectivity index (χ1v) is 11.1. The highest BCUT2D eigenvalue weighted by Crippen LogP contribution is 2.29. The van der Waals surface area contributed by atoms with Gasteiger partial charge < -0.3 is 14.6 Å². The molecule has 2 aliphatic rings. The van der Waals surface area contributed by atoms with E-state index < -0.39 is 0 Å². The van der Waals surface area contributed by atoms with E-state index in [1.165, 1.54) is 18.9 Å². The fraction of sp³-hybridized carbons (Fsp3) is 0.542. The van der Waals surface area contributed by atoms with Gasteiger partial charge in [0.25, 0.3) is 5.91 Å². The van der Waals surface area contributed by atoms with Gasteiger partial charge in [0.05, 0.1) is 5.56 Å². The zero-order valence-corrected chi connectivity index (χ0v) is 18.0. The van der Waals surface area contributed by atoms with Gasteiger partial charge in [-0.3, -0.25) is 9.69 Å². The summed E-state index contributed by atoms with van der Waals surface area (Å²) >= 11 is 0. The van der Waals surface area contributed by atoms with E-state index in [1.807, 2.05) is 13.0 Å².